The highest BCUT2D eigenvalue weighted by Gasteiger charge is 2.19. The molecule has 4 aromatic heterocycles. The number of oxime groups is 4. The number of nitrogens with zero attached hydrogens (tertiary/aromatic N) is 9. The molecule has 0 amide bonds. The Morgan fingerprint density at radius 3 is 1.20 bits per heavy atom. The van der Waals surface area contributed by atoms with Gasteiger partial charge in [0, 0.05) is 148 Å². The number of carbonyl (C=O) groups excluding carboxylic acids is 4. The second kappa shape index (κ2) is 32.9. The van der Waals surface area contributed by atoms with Gasteiger partial charge in [-0.05, 0) is 74.9 Å². The number of nitro groups is 1. The van der Waals surface area contributed by atoms with Crippen molar-refractivity contribution < 1.29 is 43.5 Å². The lowest BCUT2D eigenvalue weighted by molar-refractivity contribution is -0.384. The van der Waals surface area contributed by atoms with Crippen molar-refractivity contribution in [3.63, 3.8) is 0 Å². The van der Waals surface area contributed by atoms with E-state index in [9.17, 15) is 29.3 Å². The van der Waals surface area contributed by atoms with Gasteiger partial charge in [0.1, 0.15) is 5.71 Å². The minimum absolute atomic E-state index is 0.0367. The molecule has 0 spiro atoms. The van der Waals surface area contributed by atoms with E-state index in [1.807, 2.05) is 188 Å². The standard InChI is InChI=1S/C20H20N2O2.C19H17N3O4.2C19H18N2O2/c1-3-20(23)24-21-15(2)18-14-22(13-16-9-5-4-6-10-16)19-12-8-7-11-17(18)19;1-3-19(23)26-20-13(2)17-12-21(18-7-5-4-6-16(17)18)14-8-10-15(11-9-14)22(24)25;1-3-18(22)23-20-19(14-9-5-4-6-10-14)16-13-21(2)17-12-8-7-11-15(16)17;1-3-19(22)23-20-14(2)17-13-21(15-9-5-4-6-10-15)18-12-8-7-11-16(17)18/h4-12,14H,3,13H2,1-2H3;4-12H,3H2,1-2H3;2*4-13H,3H2,1-2H3/b21-15+;20-13+;20-19+;20-14+. The number of rotatable bonds is 18. The summed E-state index contributed by atoms with van der Waals surface area (Å²) in [6.07, 6.45) is 9.15. The zero-order valence-electron chi connectivity index (χ0n) is 54.7. The van der Waals surface area contributed by atoms with Gasteiger partial charge in [-0.15, -0.1) is 0 Å². The largest absolute Gasteiger partial charge is 0.350 e. The maximum absolute atomic E-state index is 11.5. The molecule has 0 N–H and O–H groups in total. The molecule has 8 aromatic carbocycles. The molecule has 12 rings (SSSR count). The van der Waals surface area contributed by atoms with Crippen LogP contribution in [0.4, 0.5) is 5.69 Å². The highest BCUT2D eigenvalue weighted by molar-refractivity contribution is 6.19. The van der Waals surface area contributed by atoms with Crippen LogP contribution >= 0.6 is 0 Å². The summed E-state index contributed by atoms with van der Waals surface area (Å²) >= 11 is 0. The van der Waals surface area contributed by atoms with E-state index in [0.717, 1.165) is 89.3 Å². The van der Waals surface area contributed by atoms with Crippen LogP contribution in [0.1, 0.15) is 108 Å². The van der Waals surface area contributed by atoms with Crippen LogP contribution in [0.25, 0.3) is 55.0 Å². The van der Waals surface area contributed by atoms with E-state index < -0.39 is 10.9 Å². The van der Waals surface area contributed by atoms with Crippen LogP contribution in [-0.2, 0) is 52.1 Å². The first-order chi connectivity index (χ1) is 46.6. The minimum Gasteiger partial charge on any atom is -0.350 e. The topological polar surface area (TPSA) is 217 Å². The SMILES string of the molecule is CCC(=O)O/N=C(\C)c1cn(-c2ccc([N+](=O)[O-])cc2)c2ccccc12.CCC(=O)O/N=C(\C)c1cn(-c2ccccc2)c2ccccc12.CCC(=O)O/N=C(\C)c1cn(Cc2ccccc2)c2ccccc12.CCC(=O)O/N=C(\c1ccccc1)c1cn(C)c2ccccc12. The fraction of sp³-hybridized carbons (Fsp3) is 0.169. The molecule has 19 heteroatoms. The van der Waals surface area contributed by atoms with Crippen molar-refractivity contribution in [3.8, 4) is 11.4 Å². The van der Waals surface area contributed by atoms with Crippen molar-refractivity contribution in [1.82, 2.24) is 18.3 Å². The molecule has 0 unspecified atom stereocenters. The maximum atomic E-state index is 11.5. The molecule has 0 saturated heterocycles. The van der Waals surface area contributed by atoms with Gasteiger partial charge in [-0.2, -0.15) is 0 Å². The van der Waals surface area contributed by atoms with Gasteiger partial charge in [-0.3, -0.25) is 10.1 Å². The Balaban J connectivity index is 0.000000150. The number of hydrogen-bond acceptors (Lipinski definition) is 14. The molecule has 12 aromatic rings. The van der Waals surface area contributed by atoms with Gasteiger partial charge >= 0.3 is 23.9 Å². The van der Waals surface area contributed by atoms with Gasteiger partial charge in [0.25, 0.3) is 5.69 Å². The first kappa shape index (κ1) is 68.3. The minimum atomic E-state index is -0.429. The molecule has 19 nitrogen and oxygen atoms in total. The highest BCUT2D eigenvalue weighted by atomic mass is 16.7. The summed E-state index contributed by atoms with van der Waals surface area (Å²) in [4.78, 5) is 75.7. The van der Waals surface area contributed by atoms with Crippen molar-refractivity contribution >= 4 is 96.0 Å². The van der Waals surface area contributed by atoms with Crippen LogP contribution < -0.4 is 0 Å². The Labute approximate surface area is 555 Å². The molecule has 0 aliphatic carbocycles. The number of non-ortho nitro benzene ring substituents is 1. The van der Waals surface area contributed by atoms with Crippen LogP contribution in [0.2, 0.25) is 0 Å². The Bertz CT molecular complexity index is 4830. The monoisotopic (exact) mass is 1280 g/mol. The predicted octanol–water partition coefficient (Wildman–Crippen LogP) is 16.8. The molecule has 0 bridgehead atoms. The molecule has 96 heavy (non-hydrogen) atoms. The molecule has 0 aliphatic heterocycles. The number of nitro benzene ring substituents is 1. The number of hydrogen-bond donors (Lipinski definition) is 0. The molecule has 0 radical (unpaired) electrons. The fourth-order valence-corrected chi connectivity index (χ4v) is 10.4. The Kier molecular flexibility index (Phi) is 23.4. The van der Waals surface area contributed by atoms with Crippen molar-refractivity contribution in [2.75, 3.05) is 0 Å². The molecule has 0 saturated carbocycles. The average Bonchev–Trinajstić information content (AvgIpc) is 1.66. The Morgan fingerprint density at radius 2 is 0.750 bits per heavy atom. The molecule has 486 valence electrons. The molecule has 4 heterocycles. The predicted molar refractivity (Wildman–Crippen MR) is 378 cm³/mol. The molecule has 0 fully saturated rings. The van der Waals surface area contributed by atoms with Crippen LogP contribution in [0, 0.1) is 10.1 Å². The Morgan fingerprint density at radius 1 is 0.396 bits per heavy atom. The third-order valence-electron chi connectivity index (χ3n) is 15.4. The zero-order valence-corrected chi connectivity index (χ0v) is 54.7. The number of aryl methyl sites for hydroxylation is 1. The smallest absolute Gasteiger partial charge is 0.334 e. The van der Waals surface area contributed by atoms with E-state index in [4.69, 9.17) is 19.4 Å². The van der Waals surface area contributed by atoms with Gasteiger partial charge in [-0.1, -0.05) is 200 Å². The van der Waals surface area contributed by atoms with Crippen LogP contribution in [-0.4, -0.2) is 69.9 Å². The van der Waals surface area contributed by atoms with Gasteiger partial charge in [-0.25, -0.2) is 19.2 Å². The summed E-state index contributed by atoms with van der Waals surface area (Å²) < 4.78 is 8.28. The number of fused-ring (bicyclic) bond motifs is 4. The second-order valence-corrected chi connectivity index (χ2v) is 21.9. The number of carbonyl (C=O) groups is 4. The van der Waals surface area contributed by atoms with E-state index >= 15 is 0 Å². The number of benzene rings is 8. The van der Waals surface area contributed by atoms with E-state index in [-0.39, 0.29) is 30.0 Å². The fourth-order valence-electron chi connectivity index (χ4n) is 10.4. The van der Waals surface area contributed by atoms with E-state index in [2.05, 4.69) is 84.5 Å². The molecular weight excluding hydrogens is 1210 g/mol. The van der Waals surface area contributed by atoms with Gasteiger partial charge in [0.15, 0.2) is 0 Å². The quantitative estimate of drug-likeness (QED) is 0.0342. The summed E-state index contributed by atoms with van der Waals surface area (Å²) in [6, 6.07) is 68.6. The first-order valence-electron chi connectivity index (χ1n) is 31.3. The first-order valence-corrected chi connectivity index (χ1v) is 31.3. The van der Waals surface area contributed by atoms with Crippen LogP contribution in [0.5, 0.6) is 0 Å². The number of para-hydroxylation sites is 5. The highest BCUT2D eigenvalue weighted by Crippen LogP contribution is 2.30. The lowest BCUT2D eigenvalue weighted by Crippen LogP contribution is -2.06. The third kappa shape index (κ3) is 16.9. The van der Waals surface area contributed by atoms with Crippen molar-refractivity contribution in [2.24, 2.45) is 27.7 Å². The van der Waals surface area contributed by atoms with Crippen molar-refractivity contribution in [1.29, 1.82) is 0 Å². The average molecular weight is 1280 g/mol. The lowest BCUT2D eigenvalue weighted by Gasteiger charge is -2.05. The third-order valence-corrected chi connectivity index (χ3v) is 15.4. The lowest BCUT2D eigenvalue weighted by atomic mass is 10.0. The summed E-state index contributed by atoms with van der Waals surface area (Å²) in [7, 11) is 1.99. The summed E-state index contributed by atoms with van der Waals surface area (Å²) in [5, 5.41) is 31.1. The zero-order chi connectivity index (χ0) is 68.1. The van der Waals surface area contributed by atoms with Gasteiger partial charge in [0.05, 0.1) is 33.1 Å². The van der Waals surface area contributed by atoms with Gasteiger partial charge in [0.2, 0.25) is 0 Å². The summed E-state index contributed by atoms with van der Waals surface area (Å²) in [5.41, 5.74) is 14.6. The Hall–Kier alpha value is -12.1. The van der Waals surface area contributed by atoms with E-state index in [1.165, 1.54) is 17.7 Å². The van der Waals surface area contributed by atoms with E-state index in [0.29, 0.717) is 42.1 Å². The maximum Gasteiger partial charge on any atom is 0.334 e. The molecule has 0 atom stereocenters. The summed E-state index contributed by atoms with van der Waals surface area (Å²) in [6.45, 7) is 13.2. The normalized spacial score (nSPS) is 11.6. The van der Waals surface area contributed by atoms with Crippen molar-refractivity contribution in [2.45, 2.75) is 80.7 Å². The van der Waals surface area contributed by atoms with Crippen LogP contribution in [0.3, 0.4) is 0 Å². The second-order valence-electron chi connectivity index (χ2n) is 21.9. The van der Waals surface area contributed by atoms with Gasteiger partial charge < -0.3 is 37.6 Å². The summed E-state index contributed by atoms with van der Waals surface area (Å²) in [5.74, 6) is -1.42. The number of aromatic nitrogens is 4. The molecule has 0 aliphatic rings. The molecular formula is C77H73N9O10. The van der Waals surface area contributed by atoms with Crippen molar-refractivity contribution in [3.05, 3.63) is 281 Å². The van der Waals surface area contributed by atoms with E-state index in [1.54, 1.807) is 46.8 Å². The van der Waals surface area contributed by atoms with Crippen LogP contribution in [0.15, 0.2) is 258 Å².